The second kappa shape index (κ2) is 8.18. The molecule has 0 spiro atoms. The zero-order chi connectivity index (χ0) is 23.7. The van der Waals surface area contributed by atoms with Gasteiger partial charge in [-0.25, -0.2) is 0 Å². The van der Waals surface area contributed by atoms with Crippen LogP contribution in [0.3, 0.4) is 0 Å². The van der Waals surface area contributed by atoms with Gasteiger partial charge in [0.25, 0.3) is 0 Å². The molecule has 0 atom stereocenters. The summed E-state index contributed by atoms with van der Waals surface area (Å²) in [5.41, 5.74) is 3.66. The molecule has 168 valence electrons. The quantitative estimate of drug-likeness (QED) is 0.145. The van der Waals surface area contributed by atoms with Crippen LogP contribution in [0.2, 0.25) is 5.02 Å². The van der Waals surface area contributed by atoms with Crippen molar-refractivity contribution in [3.63, 3.8) is 0 Å². The van der Waals surface area contributed by atoms with Gasteiger partial charge in [0.05, 0.1) is 0 Å². The molecule has 3 heterocycles. The number of Topliss-reactive ketones (excluding diaryl/α,β-unsaturated/α-hetero) is 2. The predicted octanol–water partition coefficient (Wildman–Crippen LogP) is 5.51. The van der Waals surface area contributed by atoms with Gasteiger partial charge in [0, 0.05) is 0 Å². The molecule has 2 aliphatic rings. The summed E-state index contributed by atoms with van der Waals surface area (Å²) in [6, 6.07) is 24.5. The maximum absolute atomic E-state index is 13.2. The molecular weight excluding hydrogens is 608 g/mol. The minimum absolute atomic E-state index is 0.0585. The van der Waals surface area contributed by atoms with E-state index in [0.717, 1.165) is 25.2 Å². The number of carbonyl (C=O) groups excluding carboxylic acids is 2. The van der Waals surface area contributed by atoms with Crippen molar-refractivity contribution in [1.82, 2.24) is 0 Å². The topological polar surface area (TPSA) is 37.4 Å². The van der Waals surface area contributed by atoms with Gasteiger partial charge in [0.1, 0.15) is 0 Å². The molecule has 35 heavy (non-hydrogen) atoms. The Labute approximate surface area is 222 Å². The average Bonchev–Trinajstić information content (AvgIpc) is 3.57. The van der Waals surface area contributed by atoms with E-state index < -0.39 is 0 Å². The summed E-state index contributed by atoms with van der Waals surface area (Å²) in [4.78, 5) is 28.6. The van der Waals surface area contributed by atoms with Crippen molar-refractivity contribution in [2.75, 3.05) is 4.90 Å². The fraction of sp³-hybridized carbons (Fsp3) is 0. The molecule has 2 aromatic heterocycles. The number of anilines is 3. The third-order valence-electron chi connectivity index (χ3n) is 6.18. The van der Waals surface area contributed by atoms with Gasteiger partial charge in [-0.2, -0.15) is 0 Å². The molecule has 0 N–H and O–H groups in total. The van der Waals surface area contributed by atoms with E-state index in [1.165, 1.54) is 19.2 Å². The molecule has 3 aromatic carbocycles. The average molecular weight is 622 g/mol. The predicted molar refractivity (Wildman–Crippen MR) is 147 cm³/mol. The van der Waals surface area contributed by atoms with E-state index in [-0.39, 0.29) is 46.6 Å². The Morgan fingerprint density at radius 1 is 0.829 bits per heavy atom. The van der Waals surface area contributed by atoms with Crippen molar-refractivity contribution < 1.29 is 9.59 Å². The van der Waals surface area contributed by atoms with E-state index in [1.54, 1.807) is 11.3 Å². The molecule has 7 heteroatoms. The van der Waals surface area contributed by atoms with E-state index >= 15 is 0 Å². The second-order valence-corrected chi connectivity index (χ2v) is 14.2. The van der Waals surface area contributed by atoms with Crippen LogP contribution in [0.4, 0.5) is 15.9 Å². The Balaban J connectivity index is 1.30. The molecule has 0 saturated carbocycles. The van der Waals surface area contributed by atoms with Crippen LogP contribution in [0.15, 0.2) is 83.7 Å². The van der Waals surface area contributed by atoms with Crippen LogP contribution in [0.25, 0.3) is 16.2 Å². The Morgan fingerprint density at radius 3 is 2.51 bits per heavy atom. The van der Waals surface area contributed by atoms with Gasteiger partial charge in [0.15, 0.2) is 0 Å². The number of allylic oxidation sites excluding steroid dienone is 1. The number of carbonyl (C=O) groups is 2. The van der Waals surface area contributed by atoms with Crippen LogP contribution >= 0.6 is 22.9 Å². The molecule has 3 nitrogen and oxygen atoms in total. The van der Waals surface area contributed by atoms with Crippen LogP contribution in [0, 0.1) is 0 Å². The van der Waals surface area contributed by atoms with E-state index in [0.29, 0.717) is 11.1 Å². The molecule has 0 fully saturated rings. The van der Waals surface area contributed by atoms with Gasteiger partial charge in [-0.15, -0.1) is 0 Å². The van der Waals surface area contributed by atoms with Crippen LogP contribution in [-0.4, -0.2) is 41.0 Å². The van der Waals surface area contributed by atoms with Crippen LogP contribution < -0.4 is 13.8 Å². The first kappa shape index (κ1) is 21.6. The number of benzene rings is 3. The number of hydrogen-bond donors (Lipinski definition) is 0. The summed E-state index contributed by atoms with van der Waals surface area (Å²) in [6.07, 6.45) is 1.81. The molecule has 7 rings (SSSR count). The third-order valence-corrected chi connectivity index (χ3v) is 11.8. The molecule has 1 aliphatic heterocycles. The normalized spacial score (nSPS) is 15.6. The maximum atomic E-state index is 13.2. The number of halogens is 1. The van der Waals surface area contributed by atoms with Crippen molar-refractivity contribution in [1.29, 1.82) is 0 Å². The Kier molecular flexibility index (Phi) is 5.04. The van der Waals surface area contributed by atoms with E-state index in [2.05, 4.69) is 47.4 Å². The summed E-state index contributed by atoms with van der Waals surface area (Å²) in [7, 11) is 0. The van der Waals surface area contributed by atoms with Crippen molar-refractivity contribution in [3.05, 3.63) is 104 Å². The minimum atomic E-state index is -0.172. The fourth-order valence-electron chi connectivity index (χ4n) is 4.56. The number of para-hydroxylation sites is 1. The van der Waals surface area contributed by atoms with Gasteiger partial charge in [-0.1, -0.05) is 0 Å². The number of ketones is 2. The molecule has 0 bridgehead atoms. The molecule has 0 saturated heterocycles. The summed E-state index contributed by atoms with van der Waals surface area (Å²) in [6.45, 7) is 0. The Hall–Kier alpha value is -2.69. The molecule has 0 unspecified atom stereocenters. The number of rotatable bonds is 2. The van der Waals surface area contributed by atoms with Crippen LogP contribution in [0.1, 0.15) is 25.2 Å². The number of hydrogen-bond acceptors (Lipinski definition) is 4. The summed E-state index contributed by atoms with van der Waals surface area (Å²) in [5, 5.41) is 3.74. The van der Waals surface area contributed by atoms with Crippen molar-refractivity contribution in [2.24, 2.45) is 0 Å². The number of thiophene rings is 1. The Morgan fingerprint density at radius 2 is 1.63 bits per heavy atom. The number of nitrogens with zero attached hydrogens (tertiary/aromatic N) is 1. The van der Waals surface area contributed by atoms with Gasteiger partial charge >= 0.3 is 224 Å². The summed E-state index contributed by atoms with van der Waals surface area (Å²) in [5.74, 6) is -0.342. The van der Waals surface area contributed by atoms with Crippen LogP contribution in [-0.2, 0) is 0 Å². The zero-order valence-electron chi connectivity index (χ0n) is 17.9. The van der Waals surface area contributed by atoms with Gasteiger partial charge in [0.2, 0.25) is 0 Å². The standard InChI is InChI=1S/C28H14ClNO2SSe2/c29-16-5-7-22-25(12-16)35-24-4-2-1-3-21(24)30(22)26-8-6-17(34-26)13-20-27(31)18-11-15-9-10-33-23(15)14-19(18)28(20)32/h1-14H/b20-13+. The van der Waals surface area contributed by atoms with E-state index in [1.807, 2.05) is 41.8 Å². The first-order valence-electron chi connectivity index (χ1n) is 10.9. The molecule has 1 aliphatic carbocycles. The van der Waals surface area contributed by atoms with Crippen LogP contribution in [0.5, 0.6) is 0 Å². The number of fused-ring (bicyclic) bond motifs is 4. The summed E-state index contributed by atoms with van der Waals surface area (Å²) < 4.78 is 5.79. The van der Waals surface area contributed by atoms with Crippen molar-refractivity contribution >= 4 is 105 Å². The van der Waals surface area contributed by atoms with E-state index in [9.17, 15) is 9.59 Å². The van der Waals surface area contributed by atoms with E-state index in [4.69, 9.17) is 11.6 Å². The van der Waals surface area contributed by atoms with Crippen molar-refractivity contribution in [3.8, 4) is 0 Å². The van der Waals surface area contributed by atoms with Crippen molar-refractivity contribution in [2.45, 2.75) is 0 Å². The fourth-order valence-corrected chi connectivity index (χ4v) is 10.0. The monoisotopic (exact) mass is 623 g/mol. The SMILES string of the molecule is O=C1/C(=C\c2ccc(N3c4ccccc4[Se]c4cc(Cl)ccc43)[se]2)C(=O)c2cc3sccc3cc21. The third kappa shape index (κ3) is 3.45. The molecule has 5 aromatic rings. The molecular formula is C28H14ClNO2SSe2. The van der Waals surface area contributed by atoms with Gasteiger partial charge in [-0.05, 0) is 0 Å². The van der Waals surface area contributed by atoms with Gasteiger partial charge in [-0.3, -0.25) is 0 Å². The second-order valence-electron chi connectivity index (χ2n) is 8.27. The van der Waals surface area contributed by atoms with Gasteiger partial charge < -0.3 is 0 Å². The Bertz CT molecular complexity index is 1700. The summed E-state index contributed by atoms with van der Waals surface area (Å²) >= 11 is 8.03. The molecule has 0 radical (unpaired) electrons. The first-order chi connectivity index (χ1) is 17.1. The molecule has 0 amide bonds. The zero-order valence-corrected chi connectivity index (χ0v) is 22.9. The first-order valence-corrected chi connectivity index (χ1v) is 15.5.